The van der Waals surface area contributed by atoms with Gasteiger partial charge in [-0.05, 0) is 31.2 Å². The molecule has 0 bridgehead atoms. The van der Waals surface area contributed by atoms with Gasteiger partial charge < -0.3 is 15.0 Å². The normalized spacial score (nSPS) is 18.7. The lowest BCUT2D eigenvalue weighted by atomic mass is 10.1. The number of nitrogens with one attached hydrogen (secondary N) is 1. The molecule has 5 heteroatoms. The minimum Gasteiger partial charge on any atom is -0.496 e. The van der Waals surface area contributed by atoms with Crippen molar-refractivity contribution in [3.63, 3.8) is 0 Å². The van der Waals surface area contributed by atoms with E-state index in [1.165, 1.54) is 0 Å². The molecule has 1 heterocycles. The molecule has 1 atom stereocenters. The molecule has 98 valence electrons. The number of hydrogen-bond acceptors (Lipinski definition) is 3. The summed E-state index contributed by atoms with van der Waals surface area (Å²) >= 11 is 3.37. The number of hydrogen-bond donors (Lipinski definition) is 1. The maximum absolute atomic E-state index is 12.4. The van der Waals surface area contributed by atoms with Crippen LogP contribution < -0.4 is 10.1 Å². The van der Waals surface area contributed by atoms with Crippen LogP contribution in [0.1, 0.15) is 16.8 Å². The molecule has 0 spiro atoms. The molecule has 2 rings (SSSR count). The zero-order valence-corrected chi connectivity index (χ0v) is 12.2. The Morgan fingerprint density at radius 1 is 1.56 bits per heavy atom. The molecule has 1 amide bonds. The maximum atomic E-state index is 12.4. The second-order valence-corrected chi connectivity index (χ2v) is 5.32. The van der Waals surface area contributed by atoms with Gasteiger partial charge in [0, 0.05) is 24.1 Å². The van der Waals surface area contributed by atoms with Gasteiger partial charge in [0.05, 0.1) is 12.7 Å². The molecule has 1 aromatic carbocycles. The molecule has 0 radical (unpaired) electrons. The highest BCUT2D eigenvalue weighted by Gasteiger charge is 2.25. The third-order valence-corrected chi connectivity index (χ3v) is 3.79. The van der Waals surface area contributed by atoms with Gasteiger partial charge in [-0.25, -0.2) is 0 Å². The first-order valence-corrected chi connectivity index (χ1v) is 6.74. The van der Waals surface area contributed by atoms with Crippen molar-refractivity contribution in [2.45, 2.75) is 12.5 Å². The highest BCUT2D eigenvalue weighted by Crippen LogP contribution is 2.25. The van der Waals surface area contributed by atoms with Crippen LogP contribution in [0.5, 0.6) is 5.75 Å². The summed E-state index contributed by atoms with van der Waals surface area (Å²) in [4.78, 5) is 14.2. The van der Waals surface area contributed by atoms with Crippen LogP contribution in [-0.2, 0) is 0 Å². The summed E-state index contributed by atoms with van der Waals surface area (Å²) in [6.07, 6.45) is 1.00. The Balaban J connectivity index is 2.22. The smallest absolute Gasteiger partial charge is 0.257 e. The monoisotopic (exact) mass is 312 g/mol. The van der Waals surface area contributed by atoms with Gasteiger partial charge in [-0.3, -0.25) is 4.79 Å². The second-order valence-electron chi connectivity index (χ2n) is 4.41. The number of nitrogens with zero attached hydrogens (tertiary/aromatic N) is 1. The van der Waals surface area contributed by atoms with E-state index in [2.05, 4.69) is 21.2 Å². The van der Waals surface area contributed by atoms with Crippen molar-refractivity contribution in [1.29, 1.82) is 0 Å². The lowest BCUT2D eigenvalue weighted by Crippen LogP contribution is -2.38. The fourth-order valence-electron chi connectivity index (χ4n) is 2.17. The number of rotatable bonds is 3. The van der Waals surface area contributed by atoms with Crippen molar-refractivity contribution >= 4 is 21.8 Å². The number of ether oxygens (including phenoxy) is 1. The van der Waals surface area contributed by atoms with Crippen LogP contribution in [0.25, 0.3) is 0 Å². The fourth-order valence-corrected chi connectivity index (χ4v) is 2.51. The average Bonchev–Trinajstić information content (AvgIpc) is 2.90. The lowest BCUT2D eigenvalue weighted by Gasteiger charge is -2.24. The number of carbonyl (C=O) groups excluding carboxylic acids is 1. The molecule has 18 heavy (non-hydrogen) atoms. The zero-order valence-electron chi connectivity index (χ0n) is 10.6. The summed E-state index contributed by atoms with van der Waals surface area (Å²) in [5, 5.41) is 3.26. The SMILES string of the molecule is COc1cc(Br)ccc1C(=O)N(C)C1CCNC1. The van der Waals surface area contributed by atoms with E-state index < -0.39 is 0 Å². The topological polar surface area (TPSA) is 41.6 Å². The first-order valence-electron chi connectivity index (χ1n) is 5.95. The average molecular weight is 313 g/mol. The van der Waals surface area contributed by atoms with E-state index in [9.17, 15) is 4.79 Å². The Bertz CT molecular complexity index is 445. The van der Waals surface area contributed by atoms with Crippen LogP contribution in [0.4, 0.5) is 0 Å². The van der Waals surface area contributed by atoms with Crippen LogP contribution >= 0.6 is 15.9 Å². The number of carbonyl (C=O) groups is 1. The quantitative estimate of drug-likeness (QED) is 0.926. The van der Waals surface area contributed by atoms with Crippen molar-refractivity contribution in [2.75, 3.05) is 27.2 Å². The van der Waals surface area contributed by atoms with Gasteiger partial charge in [-0.2, -0.15) is 0 Å². The summed E-state index contributed by atoms with van der Waals surface area (Å²) in [5.74, 6) is 0.611. The van der Waals surface area contributed by atoms with Crippen LogP contribution in [0.3, 0.4) is 0 Å². The Labute approximate surface area is 115 Å². The summed E-state index contributed by atoms with van der Waals surface area (Å²) in [7, 11) is 3.43. The Kier molecular flexibility index (Phi) is 4.24. The highest BCUT2D eigenvalue weighted by atomic mass is 79.9. The summed E-state index contributed by atoms with van der Waals surface area (Å²) in [6, 6.07) is 5.74. The predicted octanol–water partition coefficient (Wildman–Crippen LogP) is 1.89. The minimum atomic E-state index is 0.00745. The van der Waals surface area contributed by atoms with E-state index in [-0.39, 0.29) is 11.9 Å². The van der Waals surface area contributed by atoms with E-state index in [1.807, 2.05) is 19.2 Å². The molecule has 0 aromatic heterocycles. The number of halogens is 1. The van der Waals surface area contributed by atoms with E-state index in [0.29, 0.717) is 11.3 Å². The van der Waals surface area contributed by atoms with Crippen molar-refractivity contribution in [2.24, 2.45) is 0 Å². The van der Waals surface area contributed by atoms with Crippen LogP contribution in [0.2, 0.25) is 0 Å². The van der Waals surface area contributed by atoms with Gasteiger partial charge in [0.2, 0.25) is 0 Å². The molecule has 4 nitrogen and oxygen atoms in total. The molecule has 1 aromatic rings. The van der Waals surface area contributed by atoms with Gasteiger partial charge in [0.25, 0.3) is 5.91 Å². The van der Waals surface area contributed by atoms with E-state index >= 15 is 0 Å². The fraction of sp³-hybridized carbons (Fsp3) is 0.462. The van der Waals surface area contributed by atoms with Crippen LogP contribution in [-0.4, -0.2) is 44.1 Å². The van der Waals surface area contributed by atoms with Gasteiger partial charge in [0.1, 0.15) is 5.75 Å². The summed E-state index contributed by atoms with van der Waals surface area (Å²) in [5.41, 5.74) is 0.607. The second kappa shape index (κ2) is 5.71. The van der Waals surface area contributed by atoms with Gasteiger partial charge in [-0.15, -0.1) is 0 Å². The third kappa shape index (κ3) is 2.67. The molecule has 1 unspecified atom stereocenters. The molecular weight excluding hydrogens is 296 g/mol. The molecule has 1 aliphatic heterocycles. The Morgan fingerprint density at radius 2 is 2.33 bits per heavy atom. The first kappa shape index (κ1) is 13.4. The number of methoxy groups -OCH3 is 1. The van der Waals surface area contributed by atoms with E-state index in [0.717, 1.165) is 24.0 Å². The van der Waals surface area contributed by atoms with Crippen molar-refractivity contribution in [3.8, 4) is 5.75 Å². The van der Waals surface area contributed by atoms with Crippen LogP contribution in [0, 0.1) is 0 Å². The van der Waals surface area contributed by atoms with Crippen molar-refractivity contribution < 1.29 is 9.53 Å². The van der Waals surface area contributed by atoms with E-state index in [4.69, 9.17) is 4.74 Å². The molecule has 1 fully saturated rings. The molecule has 1 N–H and O–H groups in total. The minimum absolute atomic E-state index is 0.00745. The summed E-state index contributed by atoms with van der Waals surface area (Å²) in [6.45, 7) is 1.83. The molecule has 1 saturated heterocycles. The van der Waals surface area contributed by atoms with Crippen LogP contribution in [0.15, 0.2) is 22.7 Å². The lowest BCUT2D eigenvalue weighted by molar-refractivity contribution is 0.0740. The zero-order chi connectivity index (χ0) is 13.1. The standard InChI is InChI=1S/C13H17BrN2O2/c1-16(10-5-6-15-8-10)13(17)11-4-3-9(14)7-12(11)18-2/h3-4,7,10,15H,5-6,8H2,1-2H3. The van der Waals surface area contributed by atoms with Gasteiger partial charge in [0.15, 0.2) is 0 Å². The van der Waals surface area contributed by atoms with Crippen molar-refractivity contribution in [3.05, 3.63) is 28.2 Å². The first-order chi connectivity index (χ1) is 8.63. The summed E-state index contributed by atoms with van der Waals surface area (Å²) < 4.78 is 6.17. The molecule has 0 saturated carbocycles. The van der Waals surface area contributed by atoms with Gasteiger partial charge in [-0.1, -0.05) is 15.9 Å². The third-order valence-electron chi connectivity index (χ3n) is 3.30. The van der Waals surface area contributed by atoms with Crippen molar-refractivity contribution in [1.82, 2.24) is 10.2 Å². The number of amides is 1. The highest BCUT2D eigenvalue weighted by molar-refractivity contribution is 9.10. The molecule has 1 aliphatic rings. The number of benzene rings is 1. The molecular formula is C13H17BrN2O2. The maximum Gasteiger partial charge on any atom is 0.257 e. The molecule has 0 aliphatic carbocycles. The predicted molar refractivity (Wildman–Crippen MR) is 74.1 cm³/mol. The number of likely N-dealkylation sites (N-methyl/N-ethyl adjacent to an activating group) is 1. The van der Waals surface area contributed by atoms with Gasteiger partial charge >= 0.3 is 0 Å². The largest absolute Gasteiger partial charge is 0.496 e. The Morgan fingerprint density at radius 3 is 2.94 bits per heavy atom. The Hall–Kier alpha value is -1.07. The van der Waals surface area contributed by atoms with E-state index in [1.54, 1.807) is 18.1 Å².